The van der Waals surface area contributed by atoms with Crippen molar-refractivity contribution in [2.75, 3.05) is 6.61 Å². The van der Waals surface area contributed by atoms with E-state index in [9.17, 15) is 20.1 Å². The number of rotatable bonds is 8. The van der Waals surface area contributed by atoms with Crippen LogP contribution in [0, 0.1) is 11.3 Å². The van der Waals surface area contributed by atoms with Crippen molar-refractivity contribution in [1.29, 1.82) is 5.26 Å². The number of esters is 1. The van der Waals surface area contributed by atoms with E-state index < -0.39 is 17.5 Å². The fourth-order valence-electron chi connectivity index (χ4n) is 2.72. The first-order valence-corrected chi connectivity index (χ1v) is 8.11. The van der Waals surface area contributed by atoms with E-state index in [2.05, 4.69) is 4.89 Å². The lowest BCUT2D eigenvalue weighted by molar-refractivity contribution is -0.356. The summed E-state index contributed by atoms with van der Waals surface area (Å²) in [6, 6.07) is 18.5. The predicted molar refractivity (Wildman–Crippen MR) is 91.3 cm³/mol. The SMILES string of the molecule is CCOC(=O)C(C#N)(O[O])C(CC(=O)c1ccccc1)c1ccccc1. The van der Waals surface area contributed by atoms with Gasteiger partial charge in [-0.25, -0.2) is 4.79 Å². The Bertz CT molecular complexity index is 785. The first-order chi connectivity index (χ1) is 12.6. The molecule has 0 fully saturated rings. The van der Waals surface area contributed by atoms with Gasteiger partial charge in [0.1, 0.15) is 6.07 Å². The largest absolute Gasteiger partial charge is 0.463 e. The molecular weight excluding hydrogens is 334 g/mol. The second-order valence-electron chi connectivity index (χ2n) is 5.61. The average Bonchev–Trinajstić information content (AvgIpc) is 2.70. The van der Waals surface area contributed by atoms with Crippen molar-refractivity contribution in [3.63, 3.8) is 0 Å². The van der Waals surface area contributed by atoms with Crippen molar-refractivity contribution in [3.8, 4) is 6.07 Å². The van der Waals surface area contributed by atoms with Gasteiger partial charge < -0.3 is 4.74 Å². The highest BCUT2D eigenvalue weighted by Gasteiger charge is 2.52. The molecule has 2 atom stereocenters. The molecule has 0 aliphatic rings. The van der Waals surface area contributed by atoms with E-state index in [4.69, 9.17) is 4.74 Å². The van der Waals surface area contributed by atoms with E-state index in [0.29, 0.717) is 11.1 Å². The Morgan fingerprint density at radius 2 is 1.65 bits per heavy atom. The van der Waals surface area contributed by atoms with Gasteiger partial charge in [-0.2, -0.15) is 10.1 Å². The third-order valence-corrected chi connectivity index (χ3v) is 4.05. The van der Waals surface area contributed by atoms with Gasteiger partial charge in [-0.05, 0) is 17.7 Å². The molecule has 0 bridgehead atoms. The zero-order chi connectivity index (χ0) is 19.0. The third kappa shape index (κ3) is 3.97. The molecule has 133 valence electrons. The first kappa shape index (κ1) is 19.3. The number of carbonyl (C=O) groups is 2. The van der Waals surface area contributed by atoms with Crippen molar-refractivity contribution < 1.29 is 24.5 Å². The number of Topliss-reactive ketones (excluding diaryl/α,β-unsaturated/α-hetero) is 1. The van der Waals surface area contributed by atoms with Crippen LogP contribution in [0.3, 0.4) is 0 Å². The van der Waals surface area contributed by atoms with Crippen LogP contribution < -0.4 is 0 Å². The van der Waals surface area contributed by atoms with E-state index in [-0.39, 0.29) is 18.8 Å². The number of ether oxygens (including phenoxy) is 1. The van der Waals surface area contributed by atoms with E-state index in [1.54, 1.807) is 73.7 Å². The standard InChI is InChI=1S/C20H18NO5/c1-2-25-19(23)20(14-21,26-24)17(15-9-5-3-6-10-15)13-18(22)16-11-7-4-8-12-16/h3-12,17H,2,13H2,1H3. The molecule has 0 amide bonds. The molecule has 2 rings (SSSR count). The van der Waals surface area contributed by atoms with Gasteiger partial charge in [0.25, 0.3) is 5.60 Å². The number of nitriles is 1. The van der Waals surface area contributed by atoms with Crippen molar-refractivity contribution >= 4 is 11.8 Å². The maximum atomic E-state index is 12.7. The summed E-state index contributed by atoms with van der Waals surface area (Å²) in [5.74, 6) is -2.54. The van der Waals surface area contributed by atoms with Gasteiger partial charge in [0.15, 0.2) is 5.78 Å². The first-order valence-electron chi connectivity index (χ1n) is 8.11. The summed E-state index contributed by atoms with van der Waals surface area (Å²) in [4.78, 5) is 29.2. The summed E-state index contributed by atoms with van der Waals surface area (Å²) in [5, 5.41) is 21.1. The van der Waals surface area contributed by atoms with Gasteiger partial charge >= 0.3 is 5.97 Å². The monoisotopic (exact) mass is 352 g/mol. The smallest absolute Gasteiger partial charge is 0.357 e. The number of carbonyl (C=O) groups excluding carboxylic acids is 2. The summed E-state index contributed by atoms with van der Waals surface area (Å²) >= 11 is 0. The van der Waals surface area contributed by atoms with Crippen LogP contribution in [0.2, 0.25) is 0 Å². The molecule has 0 aromatic heterocycles. The molecular formula is C20H18NO5. The number of nitrogens with zero attached hydrogens (tertiary/aromatic N) is 1. The highest BCUT2D eigenvalue weighted by molar-refractivity contribution is 5.97. The van der Waals surface area contributed by atoms with Crippen LogP contribution in [-0.2, 0) is 19.7 Å². The van der Waals surface area contributed by atoms with Crippen LogP contribution in [0.25, 0.3) is 0 Å². The average molecular weight is 352 g/mol. The van der Waals surface area contributed by atoms with E-state index >= 15 is 0 Å². The van der Waals surface area contributed by atoms with Crippen LogP contribution >= 0.6 is 0 Å². The van der Waals surface area contributed by atoms with Crippen LogP contribution in [0.1, 0.15) is 35.2 Å². The van der Waals surface area contributed by atoms with E-state index in [1.165, 1.54) is 0 Å². The molecule has 0 N–H and O–H groups in total. The second-order valence-corrected chi connectivity index (χ2v) is 5.61. The summed E-state index contributed by atoms with van der Waals surface area (Å²) in [6.45, 7) is 1.53. The Labute approximate surface area is 151 Å². The van der Waals surface area contributed by atoms with Crippen molar-refractivity contribution in [1.82, 2.24) is 0 Å². The Kier molecular flexibility index (Phi) is 6.61. The van der Waals surface area contributed by atoms with Crippen LogP contribution in [-0.4, -0.2) is 24.0 Å². The second kappa shape index (κ2) is 8.90. The van der Waals surface area contributed by atoms with Gasteiger partial charge in [0.2, 0.25) is 0 Å². The van der Waals surface area contributed by atoms with Crippen LogP contribution in [0.4, 0.5) is 0 Å². The molecule has 1 radical (unpaired) electrons. The Morgan fingerprint density at radius 3 is 2.15 bits per heavy atom. The minimum Gasteiger partial charge on any atom is -0.463 e. The molecule has 2 aromatic carbocycles. The Morgan fingerprint density at radius 1 is 1.08 bits per heavy atom. The Hall–Kier alpha value is -3.01. The molecule has 0 aliphatic heterocycles. The number of hydrogen-bond acceptors (Lipinski definition) is 5. The molecule has 0 aliphatic carbocycles. The van der Waals surface area contributed by atoms with E-state index in [1.807, 2.05) is 0 Å². The minimum absolute atomic E-state index is 0.0280. The lowest BCUT2D eigenvalue weighted by Crippen LogP contribution is -2.47. The molecule has 6 heteroatoms. The fraction of sp³-hybridized carbons (Fsp3) is 0.250. The minimum atomic E-state index is -2.46. The van der Waals surface area contributed by atoms with E-state index in [0.717, 1.165) is 0 Å². The van der Waals surface area contributed by atoms with Crippen LogP contribution in [0.5, 0.6) is 0 Å². The van der Waals surface area contributed by atoms with Gasteiger partial charge in [-0.1, -0.05) is 60.7 Å². The van der Waals surface area contributed by atoms with Crippen molar-refractivity contribution in [2.45, 2.75) is 24.9 Å². The maximum Gasteiger partial charge on any atom is 0.357 e. The van der Waals surface area contributed by atoms with Gasteiger partial charge in [-0.3, -0.25) is 4.79 Å². The lowest BCUT2D eigenvalue weighted by Gasteiger charge is -2.29. The molecule has 2 unspecified atom stereocenters. The number of hydrogen-bond donors (Lipinski definition) is 0. The zero-order valence-corrected chi connectivity index (χ0v) is 14.3. The summed E-state index contributed by atoms with van der Waals surface area (Å²) in [5.41, 5.74) is -1.58. The summed E-state index contributed by atoms with van der Waals surface area (Å²) in [6.07, 6.45) is -0.261. The molecule has 6 nitrogen and oxygen atoms in total. The van der Waals surface area contributed by atoms with Gasteiger partial charge in [0.05, 0.1) is 6.61 Å². The lowest BCUT2D eigenvalue weighted by atomic mass is 9.78. The number of ketones is 1. The summed E-state index contributed by atoms with van der Waals surface area (Å²) < 4.78 is 4.88. The molecule has 0 heterocycles. The highest BCUT2D eigenvalue weighted by Crippen LogP contribution is 2.36. The Balaban J connectivity index is 2.48. The van der Waals surface area contributed by atoms with Gasteiger partial charge in [-0.15, -0.1) is 0 Å². The zero-order valence-electron chi connectivity index (χ0n) is 14.3. The van der Waals surface area contributed by atoms with Crippen LogP contribution in [0.15, 0.2) is 60.7 Å². The molecule has 0 spiro atoms. The van der Waals surface area contributed by atoms with Crippen molar-refractivity contribution in [2.24, 2.45) is 0 Å². The molecule has 0 saturated carbocycles. The predicted octanol–water partition coefficient (Wildman–Crippen LogP) is 3.23. The highest BCUT2D eigenvalue weighted by atomic mass is 17.1. The maximum absolute atomic E-state index is 12.7. The molecule has 26 heavy (non-hydrogen) atoms. The fourth-order valence-corrected chi connectivity index (χ4v) is 2.72. The molecule has 0 saturated heterocycles. The van der Waals surface area contributed by atoms with Crippen molar-refractivity contribution in [3.05, 3.63) is 71.8 Å². The quantitative estimate of drug-likeness (QED) is 0.314. The van der Waals surface area contributed by atoms with Gasteiger partial charge in [0, 0.05) is 17.9 Å². The third-order valence-electron chi connectivity index (χ3n) is 4.05. The molecule has 2 aromatic rings. The summed E-state index contributed by atoms with van der Waals surface area (Å²) in [7, 11) is 0. The normalized spacial score (nSPS) is 13.9. The number of benzene rings is 2. The topological polar surface area (TPSA) is 96.3 Å².